The second-order valence-corrected chi connectivity index (χ2v) is 7.28. The molecule has 0 aliphatic carbocycles. The number of nitriles is 1. The molecule has 156 valence electrons. The summed E-state index contributed by atoms with van der Waals surface area (Å²) in [7, 11) is 0. The van der Waals surface area contributed by atoms with Crippen molar-refractivity contribution in [1.29, 1.82) is 5.26 Å². The average Bonchev–Trinajstić information content (AvgIpc) is 3.39. The highest BCUT2D eigenvalue weighted by Crippen LogP contribution is 2.31. The lowest BCUT2D eigenvalue weighted by Gasteiger charge is -2.11. The molecule has 0 radical (unpaired) electrons. The lowest BCUT2D eigenvalue weighted by atomic mass is 10.1. The number of carbonyl (C=O) groups excluding carboxylic acids is 1. The summed E-state index contributed by atoms with van der Waals surface area (Å²) in [6.45, 7) is 4.10. The molecule has 2 aromatic heterocycles. The van der Waals surface area contributed by atoms with Gasteiger partial charge < -0.3 is 23.7 Å². The van der Waals surface area contributed by atoms with Crippen LogP contribution in [0.1, 0.15) is 25.8 Å². The number of carboxylic acid groups (broad SMARTS) is 1. The van der Waals surface area contributed by atoms with Crippen LogP contribution < -0.4 is 9.84 Å². The summed E-state index contributed by atoms with van der Waals surface area (Å²) in [5.74, 6) is 0.0984. The molecule has 0 unspecified atom stereocenters. The molecule has 2 heterocycles. The van der Waals surface area contributed by atoms with Gasteiger partial charge in [-0.2, -0.15) is 10.2 Å². The van der Waals surface area contributed by atoms with Crippen molar-refractivity contribution < 1.29 is 19.2 Å². The molecule has 0 bridgehead atoms. The minimum Gasteiger partial charge on any atom is -0.550 e. The first-order chi connectivity index (χ1) is 15.0. The summed E-state index contributed by atoms with van der Waals surface area (Å²) in [4.78, 5) is 15.3. The first-order valence-corrected chi connectivity index (χ1v) is 9.79. The molecule has 0 N–H and O–H groups in total. The van der Waals surface area contributed by atoms with Crippen LogP contribution in [0.25, 0.3) is 33.7 Å². The monoisotopic (exact) mass is 415 g/mol. The number of carboxylic acids is 1. The van der Waals surface area contributed by atoms with Gasteiger partial charge in [-0.15, -0.1) is 0 Å². The van der Waals surface area contributed by atoms with Crippen LogP contribution in [0.15, 0.2) is 53.2 Å². The predicted octanol–water partition coefficient (Wildman–Crippen LogP) is 3.16. The molecule has 0 aliphatic heterocycles. The number of carbonyl (C=O) groups is 1. The lowest BCUT2D eigenvalue weighted by molar-refractivity contribution is -0.305. The average molecular weight is 415 g/mol. The van der Waals surface area contributed by atoms with E-state index in [4.69, 9.17) is 9.26 Å². The molecular formula is C23H19N4O4-. The Morgan fingerprint density at radius 1 is 1.29 bits per heavy atom. The zero-order chi connectivity index (χ0) is 22.0. The van der Waals surface area contributed by atoms with Crippen LogP contribution in [0, 0.1) is 11.3 Å². The quantitative estimate of drug-likeness (QED) is 0.455. The number of benzene rings is 2. The Morgan fingerprint density at radius 2 is 2.13 bits per heavy atom. The Balaban J connectivity index is 1.67. The highest BCUT2D eigenvalue weighted by molar-refractivity contribution is 5.94. The van der Waals surface area contributed by atoms with Gasteiger partial charge in [0.05, 0.1) is 11.7 Å². The predicted molar refractivity (Wildman–Crippen MR) is 111 cm³/mol. The van der Waals surface area contributed by atoms with E-state index in [-0.39, 0.29) is 18.4 Å². The van der Waals surface area contributed by atoms with Crippen molar-refractivity contribution in [2.24, 2.45) is 0 Å². The van der Waals surface area contributed by atoms with E-state index in [2.05, 4.69) is 16.2 Å². The van der Waals surface area contributed by atoms with Crippen LogP contribution in [0.3, 0.4) is 0 Å². The third-order valence-corrected chi connectivity index (χ3v) is 4.75. The number of rotatable bonds is 7. The number of ether oxygens (including phenoxy) is 1. The lowest BCUT2D eigenvalue weighted by Crippen LogP contribution is -2.23. The Kier molecular flexibility index (Phi) is 5.41. The van der Waals surface area contributed by atoms with Gasteiger partial charge >= 0.3 is 0 Å². The second kappa shape index (κ2) is 8.32. The number of aromatic nitrogens is 3. The van der Waals surface area contributed by atoms with Gasteiger partial charge in [-0.05, 0) is 44.2 Å². The fourth-order valence-corrected chi connectivity index (χ4v) is 3.38. The fraction of sp³-hybridized carbons (Fsp3) is 0.217. The summed E-state index contributed by atoms with van der Waals surface area (Å²) in [6, 6.07) is 14.8. The van der Waals surface area contributed by atoms with E-state index in [0.717, 1.165) is 16.5 Å². The minimum atomic E-state index is -1.10. The third-order valence-electron chi connectivity index (χ3n) is 4.75. The molecular weight excluding hydrogens is 396 g/mol. The van der Waals surface area contributed by atoms with Gasteiger partial charge in [0.2, 0.25) is 5.82 Å². The summed E-state index contributed by atoms with van der Waals surface area (Å²) >= 11 is 0. The van der Waals surface area contributed by atoms with E-state index in [1.807, 2.05) is 48.9 Å². The summed E-state index contributed by atoms with van der Waals surface area (Å²) in [6.07, 6.45) is 1.70. The van der Waals surface area contributed by atoms with Crippen molar-refractivity contribution in [3.05, 3.63) is 54.2 Å². The third kappa shape index (κ3) is 4.12. The highest BCUT2D eigenvalue weighted by atomic mass is 16.5. The summed E-state index contributed by atoms with van der Waals surface area (Å²) in [5.41, 5.74) is 2.63. The summed E-state index contributed by atoms with van der Waals surface area (Å²) in [5, 5.41) is 25.2. The molecule has 0 fully saturated rings. The molecule has 0 spiro atoms. The van der Waals surface area contributed by atoms with Crippen molar-refractivity contribution in [3.8, 4) is 34.7 Å². The maximum atomic E-state index is 10.8. The number of hydrogen-bond acceptors (Lipinski definition) is 7. The minimum absolute atomic E-state index is 0.0486. The number of nitrogens with zero attached hydrogens (tertiary/aromatic N) is 4. The standard InChI is InChI=1S/C23H20N4O4/c1-14(2)30-20-7-6-15(12-16(20)13-24)23-25-22(26-31-23)18-4-3-5-19-17(18)8-10-27(19)11-9-21(28)29/h3-8,10,12,14H,9,11H2,1-2H3,(H,28,29)/p-1. The van der Waals surface area contributed by atoms with E-state index >= 15 is 0 Å². The van der Waals surface area contributed by atoms with Crippen LogP contribution in [-0.2, 0) is 11.3 Å². The van der Waals surface area contributed by atoms with E-state index < -0.39 is 5.97 Å². The topological polar surface area (TPSA) is 117 Å². The van der Waals surface area contributed by atoms with Crippen molar-refractivity contribution in [1.82, 2.24) is 14.7 Å². The van der Waals surface area contributed by atoms with E-state index in [0.29, 0.717) is 29.2 Å². The van der Waals surface area contributed by atoms with Crippen molar-refractivity contribution in [2.75, 3.05) is 0 Å². The van der Waals surface area contributed by atoms with Crippen LogP contribution in [-0.4, -0.2) is 26.8 Å². The molecule has 0 amide bonds. The van der Waals surface area contributed by atoms with Crippen molar-refractivity contribution >= 4 is 16.9 Å². The van der Waals surface area contributed by atoms with Gasteiger partial charge in [0, 0.05) is 47.2 Å². The van der Waals surface area contributed by atoms with Gasteiger partial charge in [-0.25, -0.2) is 0 Å². The molecule has 8 heteroatoms. The van der Waals surface area contributed by atoms with Gasteiger partial charge in [0.15, 0.2) is 0 Å². The highest BCUT2D eigenvalue weighted by Gasteiger charge is 2.16. The number of fused-ring (bicyclic) bond motifs is 1. The molecule has 0 atom stereocenters. The number of aliphatic carboxylic acids is 1. The first kappa shape index (κ1) is 20.2. The molecule has 0 aliphatic rings. The van der Waals surface area contributed by atoms with Crippen LogP contribution in [0.4, 0.5) is 0 Å². The normalized spacial score (nSPS) is 11.0. The second-order valence-electron chi connectivity index (χ2n) is 7.28. The molecule has 31 heavy (non-hydrogen) atoms. The molecule has 4 rings (SSSR count). The maximum Gasteiger partial charge on any atom is 0.258 e. The van der Waals surface area contributed by atoms with Gasteiger partial charge in [-0.3, -0.25) is 0 Å². The van der Waals surface area contributed by atoms with Crippen LogP contribution >= 0.6 is 0 Å². The van der Waals surface area contributed by atoms with E-state index in [1.165, 1.54) is 0 Å². The fourth-order valence-electron chi connectivity index (χ4n) is 3.38. The van der Waals surface area contributed by atoms with Gasteiger partial charge in [0.25, 0.3) is 5.89 Å². The van der Waals surface area contributed by atoms with Crippen LogP contribution in [0.5, 0.6) is 5.75 Å². The van der Waals surface area contributed by atoms with Gasteiger partial charge in [0.1, 0.15) is 11.8 Å². The van der Waals surface area contributed by atoms with Crippen molar-refractivity contribution in [3.63, 3.8) is 0 Å². The molecule has 0 saturated carbocycles. The SMILES string of the molecule is CC(C)Oc1ccc(-c2nc(-c3cccc4c3ccn4CCC(=O)[O-])no2)cc1C#N. The smallest absolute Gasteiger partial charge is 0.258 e. The molecule has 2 aromatic carbocycles. The Morgan fingerprint density at radius 3 is 2.87 bits per heavy atom. The molecule has 0 saturated heterocycles. The van der Waals surface area contributed by atoms with Crippen LogP contribution in [0.2, 0.25) is 0 Å². The Bertz CT molecular complexity index is 1300. The zero-order valence-corrected chi connectivity index (χ0v) is 17.0. The van der Waals surface area contributed by atoms with E-state index in [9.17, 15) is 15.2 Å². The van der Waals surface area contributed by atoms with Crippen molar-refractivity contribution in [2.45, 2.75) is 32.9 Å². The van der Waals surface area contributed by atoms with Gasteiger partial charge in [-0.1, -0.05) is 17.3 Å². The first-order valence-electron chi connectivity index (χ1n) is 9.79. The number of aryl methyl sites for hydroxylation is 1. The summed E-state index contributed by atoms with van der Waals surface area (Å²) < 4.78 is 13.0. The molecule has 4 aromatic rings. The number of hydrogen-bond donors (Lipinski definition) is 0. The largest absolute Gasteiger partial charge is 0.550 e. The Hall–Kier alpha value is -4.12. The zero-order valence-electron chi connectivity index (χ0n) is 17.0. The maximum absolute atomic E-state index is 10.8. The Labute approximate surface area is 178 Å². The molecule has 8 nitrogen and oxygen atoms in total. The van der Waals surface area contributed by atoms with E-state index in [1.54, 1.807) is 18.2 Å².